The number of aryl methyl sites for hydroxylation is 1. The lowest BCUT2D eigenvalue weighted by Crippen LogP contribution is -2.28. The molecule has 1 N–H and O–H groups in total. The molecule has 3 aromatic rings. The maximum absolute atomic E-state index is 13.7. The SMILES string of the molecule is Cc1nn(-c2cccc(F)c2)c2c1C(C(=O)c1ccc3c(c1)OCCO3)CC(=O)N2. The molecule has 0 aliphatic carbocycles. The number of hydrogen-bond acceptors (Lipinski definition) is 5. The van der Waals surface area contributed by atoms with Gasteiger partial charge >= 0.3 is 0 Å². The van der Waals surface area contributed by atoms with Gasteiger partial charge in [-0.15, -0.1) is 0 Å². The minimum Gasteiger partial charge on any atom is -0.486 e. The van der Waals surface area contributed by atoms with E-state index in [2.05, 4.69) is 10.4 Å². The third-order valence-corrected chi connectivity index (χ3v) is 5.30. The molecular weight excluding hydrogens is 389 g/mol. The van der Waals surface area contributed by atoms with Crippen LogP contribution in [0, 0.1) is 12.7 Å². The van der Waals surface area contributed by atoms with E-state index in [-0.39, 0.29) is 18.1 Å². The summed E-state index contributed by atoms with van der Waals surface area (Å²) in [5, 5.41) is 7.27. The molecule has 5 rings (SSSR count). The van der Waals surface area contributed by atoms with Gasteiger partial charge in [-0.3, -0.25) is 9.59 Å². The van der Waals surface area contributed by atoms with Crippen LogP contribution < -0.4 is 14.8 Å². The number of hydrogen-bond donors (Lipinski definition) is 1. The van der Waals surface area contributed by atoms with Gasteiger partial charge in [0.2, 0.25) is 5.91 Å². The third-order valence-electron chi connectivity index (χ3n) is 5.30. The number of halogens is 1. The molecule has 7 nitrogen and oxygen atoms in total. The summed E-state index contributed by atoms with van der Waals surface area (Å²) in [5.41, 5.74) is 2.14. The normalized spacial score (nSPS) is 17.3. The van der Waals surface area contributed by atoms with Gasteiger partial charge in [-0.05, 0) is 43.3 Å². The van der Waals surface area contributed by atoms with Crippen LogP contribution in [0.25, 0.3) is 5.69 Å². The zero-order valence-electron chi connectivity index (χ0n) is 16.1. The van der Waals surface area contributed by atoms with Gasteiger partial charge in [-0.2, -0.15) is 5.10 Å². The fourth-order valence-corrected chi connectivity index (χ4v) is 3.96. The first-order valence-corrected chi connectivity index (χ1v) is 9.60. The fraction of sp³-hybridized carbons (Fsp3) is 0.227. The van der Waals surface area contributed by atoms with Gasteiger partial charge in [0.05, 0.1) is 17.3 Å². The Labute approximate surface area is 171 Å². The van der Waals surface area contributed by atoms with E-state index >= 15 is 0 Å². The molecule has 3 heterocycles. The summed E-state index contributed by atoms with van der Waals surface area (Å²) in [5.74, 6) is -0.111. The first-order valence-electron chi connectivity index (χ1n) is 9.60. The predicted molar refractivity (Wildman–Crippen MR) is 106 cm³/mol. The molecule has 152 valence electrons. The van der Waals surface area contributed by atoms with Gasteiger partial charge in [0, 0.05) is 17.5 Å². The van der Waals surface area contributed by atoms with Crippen molar-refractivity contribution < 1.29 is 23.5 Å². The Morgan fingerprint density at radius 3 is 2.77 bits per heavy atom. The predicted octanol–water partition coefficient (Wildman–Crippen LogP) is 3.40. The first kappa shape index (κ1) is 18.4. The number of rotatable bonds is 3. The summed E-state index contributed by atoms with van der Waals surface area (Å²) < 4.78 is 26.3. The monoisotopic (exact) mass is 407 g/mol. The van der Waals surface area contributed by atoms with Crippen molar-refractivity contribution >= 4 is 17.5 Å². The minimum atomic E-state index is -0.696. The van der Waals surface area contributed by atoms with Crippen molar-refractivity contribution in [2.24, 2.45) is 0 Å². The topological polar surface area (TPSA) is 82.5 Å². The van der Waals surface area contributed by atoms with Crippen molar-refractivity contribution in [2.75, 3.05) is 18.5 Å². The number of amides is 1. The fourth-order valence-electron chi connectivity index (χ4n) is 3.96. The minimum absolute atomic E-state index is 0.00988. The summed E-state index contributed by atoms with van der Waals surface area (Å²) in [7, 11) is 0. The smallest absolute Gasteiger partial charge is 0.226 e. The Morgan fingerprint density at radius 1 is 1.17 bits per heavy atom. The van der Waals surface area contributed by atoms with Crippen LogP contribution in [0.5, 0.6) is 11.5 Å². The number of anilines is 1. The Bertz CT molecular complexity index is 1190. The van der Waals surface area contributed by atoms with Gasteiger partial charge in [0.15, 0.2) is 17.3 Å². The summed E-state index contributed by atoms with van der Waals surface area (Å²) in [6.07, 6.45) is 0.00988. The van der Waals surface area contributed by atoms with Crippen molar-refractivity contribution in [1.82, 2.24) is 9.78 Å². The van der Waals surface area contributed by atoms with E-state index in [4.69, 9.17) is 9.47 Å². The Balaban J connectivity index is 1.57. The summed E-state index contributed by atoms with van der Waals surface area (Å²) in [6.45, 7) is 2.65. The quantitative estimate of drug-likeness (QED) is 0.673. The van der Waals surface area contributed by atoms with Crippen molar-refractivity contribution in [3.63, 3.8) is 0 Å². The van der Waals surface area contributed by atoms with Crippen LogP contribution in [0.2, 0.25) is 0 Å². The molecule has 0 spiro atoms. The molecule has 1 amide bonds. The van der Waals surface area contributed by atoms with Crippen LogP contribution in [0.3, 0.4) is 0 Å². The van der Waals surface area contributed by atoms with Crippen molar-refractivity contribution in [1.29, 1.82) is 0 Å². The van der Waals surface area contributed by atoms with Crippen LogP contribution in [-0.2, 0) is 4.79 Å². The Kier molecular flexibility index (Phi) is 4.27. The standard InChI is InChI=1S/C22H18FN3O4/c1-12-20-16(21(28)13-5-6-17-18(9-13)30-8-7-29-17)11-19(27)24-22(20)26(25-12)15-4-2-3-14(23)10-15/h2-6,9-10,16H,7-8,11H2,1H3,(H,24,27). The number of fused-ring (bicyclic) bond motifs is 2. The van der Waals surface area contributed by atoms with Crippen LogP contribution in [-0.4, -0.2) is 34.7 Å². The summed E-state index contributed by atoms with van der Waals surface area (Å²) >= 11 is 0. The third kappa shape index (κ3) is 3.01. The number of aromatic nitrogens is 2. The van der Waals surface area contributed by atoms with E-state index in [1.165, 1.54) is 16.8 Å². The Morgan fingerprint density at radius 2 is 1.97 bits per heavy atom. The highest BCUT2D eigenvalue weighted by Crippen LogP contribution is 2.39. The zero-order chi connectivity index (χ0) is 20.8. The molecule has 1 aromatic heterocycles. The number of nitrogens with zero attached hydrogens (tertiary/aromatic N) is 2. The van der Waals surface area contributed by atoms with Crippen molar-refractivity contribution in [2.45, 2.75) is 19.3 Å². The highest BCUT2D eigenvalue weighted by Gasteiger charge is 2.36. The number of Topliss-reactive ketones (excluding diaryl/α,β-unsaturated/α-hetero) is 1. The summed E-state index contributed by atoms with van der Waals surface area (Å²) in [4.78, 5) is 25.8. The van der Waals surface area contributed by atoms with Gasteiger partial charge in [-0.1, -0.05) is 6.07 Å². The molecule has 0 saturated heterocycles. The molecule has 0 fully saturated rings. The van der Waals surface area contributed by atoms with E-state index in [1.807, 2.05) is 0 Å². The second kappa shape index (κ2) is 6.98. The van der Waals surface area contributed by atoms with Crippen LogP contribution in [0.4, 0.5) is 10.2 Å². The number of ether oxygens (including phenoxy) is 2. The molecular formula is C22H18FN3O4. The van der Waals surface area contributed by atoms with Gasteiger partial charge in [0.1, 0.15) is 24.8 Å². The number of carbonyl (C=O) groups excluding carboxylic acids is 2. The number of ketones is 1. The van der Waals surface area contributed by atoms with E-state index in [0.717, 1.165) is 0 Å². The lowest BCUT2D eigenvalue weighted by Gasteiger charge is -2.24. The van der Waals surface area contributed by atoms with Crippen LogP contribution in [0.1, 0.15) is 34.0 Å². The molecule has 0 saturated carbocycles. The second-order valence-electron chi connectivity index (χ2n) is 7.27. The molecule has 8 heteroatoms. The van der Waals surface area contributed by atoms with Crippen molar-refractivity contribution in [3.8, 4) is 17.2 Å². The molecule has 30 heavy (non-hydrogen) atoms. The lowest BCUT2D eigenvalue weighted by atomic mass is 9.85. The van der Waals surface area contributed by atoms with E-state index in [9.17, 15) is 14.0 Å². The molecule has 1 atom stereocenters. The van der Waals surface area contributed by atoms with Crippen LogP contribution in [0.15, 0.2) is 42.5 Å². The van der Waals surface area contributed by atoms with Crippen LogP contribution >= 0.6 is 0 Å². The van der Waals surface area contributed by atoms with Gasteiger partial charge in [-0.25, -0.2) is 9.07 Å². The maximum atomic E-state index is 13.7. The summed E-state index contributed by atoms with van der Waals surface area (Å²) in [6, 6.07) is 10.9. The highest BCUT2D eigenvalue weighted by molar-refractivity contribution is 6.08. The Hall–Kier alpha value is -3.68. The van der Waals surface area contributed by atoms with Gasteiger partial charge < -0.3 is 14.8 Å². The number of benzene rings is 2. The first-order chi connectivity index (χ1) is 14.5. The maximum Gasteiger partial charge on any atom is 0.226 e. The zero-order valence-corrected chi connectivity index (χ0v) is 16.1. The molecule has 2 aromatic carbocycles. The van der Waals surface area contributed by atoms with E-state index < -0.39 is 11.7 Å². The molecule has 0 radical (unpaired) electrons. The molecule has 2 aliphatic rings. The van der Waals surface area contributed by atoms with E-state index in [0.29, 0.717) is 53.0 Å². The average Bonchev–Trinajstić information content (AvgIpc) is 3.08. The molecule has 1 unspecified atom stereocenters. The van der Waals surface area contributed by atoms with Gasteiger partial charge in [0.25, 0.3) is 0 Å². The molecule has 2 aliphatic heterocycles. The van der Waals surface area contributed by atoms with Crippen molar-refractivity contribution in [3.05, 3.63) is 65.1 Å². The lowest BCUT2D eigenvalue weighted by molar-refractivity contribution is -0.116. The number of nitrogens with one attached hydrogen (secondary N) is 1. The molecule has 0 bridgehead atoms. The largest absolute Gasteiger partial charge is 0.486 e. The average molecular weight is 407 g/mol. The van der Waals surface area contributed by atoms with E-state index in [1.54, 1.807) is 37.3 Å². The number of carbonyl (C=O) groups is 2. The second-order valence-corrected chi connectivity index (χ2v) is 7.27. The highest BCUT2D eigenvalue weighted by atomic mass is 19.1.